The van der Waals surface area contributed by atoms with Crippen molar-refractivity contribution in [3.63, 3.8) is 0 Å². The number of fused-ring (bicyclic) bond motifs is 1. The van der Waals surface area contributed by atoms with Gasteiger partial charge in [0.25, 0.3) is 0 Å². The van der Waals surface area contributed by atoms with Crippen molar-refractivity contribution >= 4 is 11.9 Å². The molecular weight excluding hydrogens is 379 g/mol. The Morgan fingerprint density at radius 2 is 2.07 bits per heavy atom. The predicted octanol–water partition coefficient (Wildman–Crippen LogP) is 2.93. The van der Waals surface area contributed by atoms with E-state index in [1.165, 1.54) is 0 Å². The van der Waals surface area contributed by atoms with Gasteiger partial charge in [-0.15, -0.1) is 0 Å². The van der Waals surface area contributed by atoms with Crippen molar-refractivity contribution in [2.45, 2.75) is 65.3 Å². The first-order valence-corrected chi connectivity index (χ1v) is 11.2. The van der Waals surface area contributed by atoms with Gasteiger partial charge in [-0.1, -0.05) is 32.9 Å². The molecule has 4 aliphatic heterocycles. The zero-order valence-electron chi connectivity index (χ0n) is 18.7. The van der Waals surface area contributed by atoms with E-state index in [1.54, 1.807) is 0 Å². The van der Waals surface area contributed by atoms with Gasteiger partial charge in [0.2, 0.25) is 0 Å². The van der Waals surface area contributed by atoms with Crippen molar-refractivity contribution in [2.75, 3.05) is 13.1 Å². The van der Waals surface area contributed by atoms with Gasteiger partial charge in [0.1, 0.15) is 11.9 Å². The SMILES string of the molecule is CC1=CC(N2CC(C(C)C(C)C)NC[C@@H]2C)C=NC(C2=NNC3NC=CCC23)=C1F. The number of piperazine rings is 1. The van der Waals surface area contributed by atoms with Crippen LogP contribution in [0.3, 0.4) is 0 Å². The molecule has 164 valence electrons. The number of aliphatic imine (C=N–C) groups is 1. The second-order valence-electron chi connectivity index (χ2n) is 9.46. The summed E-state index contributed by atoms with van der Waals surface area (Å²) in [5.41, 5.74) is 4.80. The lowest BCUT2D eigenvalue weighted by Crippen LogP contribution is -2.60. The van der Waals surface area contributed by atoms with Gasteiger partial charge < -0.3 is 10.6 Å². The van der Waals surface area contributed by atoms with Crippen molar-refractivity contribution in [2.24, 2.45) is 27.8 Å². The van der Waals surface area contributed by atoms with E-state index < -0.39 is 0 Å². The van der Waals surface area contributed by atoms with Gasteiger partial charge in [0.15, 0.2) is 5.83 Å². The van der Waals surface area contributed by atoms with Gasteiger partial charge in [-0.3, -0.25) is 15.3 Å². The highest BCUT2D eigenvalue weighted by atomic mass is 19.1. The van der Waals surface area contributed by atoms with Gasteiger partial charge in [0, 0.05) is 37.3 Å². The summed E-state index contributed by atoms with van der Waals surface area (Å²) in [6.45, 7) is 12.8. The van der Waals surface area contributed by atoms with Gasteiger partial charge >= 0.3 is 0 Å². The van der Waals surface area contributed by atoms with Gasteiger partial charge in [0.05, 0.1) is 11.8 Å². The van der Waals surface area contributed by atoms with Crippen molar-refractivity contribution in [3.05, 3.63) is 35.4 Å². The lowest BCUT2D eigenvalue weighted by molar-refractivity contribution is 0.106. The van der Waals surface area contributed by atoms with Crippen LogP contribution in [0.4, 0.5) is 4.39 Å². The maximum absolute atomic E-state index is 15.4. The smallest absolute Gasteiger partial charge is 0.153 e. The number of rotatable bonds is 4. The first-order chi connectivity index (χ1) is 14.4. The van der Waals surface area contributed by atoms with E-state index in [2.05, 4.69) is 64.8 Å². The molecule has 0 aromatic heterocycles. The average molecular weight is 415 g/mol. The molecule has 1 fully saturated rings. The van der Waals surface area contributed by atoms with Crippen LogP contribution in [0, 0.1) is 17.8 Å². The third-order valence-electron chi connectivity index (χ3n) is 7.15. The Morgan fingerprint density at radius 1 is 1.27 bits per heavy atom. The van der Waals surface area contributed by atoms with Crippen LogP contribution in [0.15, 0.2) is 45.5 Å². The summed E-state index contributed by atoms with van der Waals surface area (Å²) in [6, 6.07) is 0.753. The van der Waals surface area contributed by atoms with E-state index >= 15 is 4.39 Å². The molecule has 0 bridgehead atoms. The second kappa shape index (κ2) is 8.63. The van der Waals surface area contributed by atoms with Crippen LogP contribution in [-0.2, 0) is 0 Å². The number of nitrogens with zero attached hydrogens (tertiary/aromatic N) is 3. The fourth-order valence-corrected chi connectivity index (χ4v) is 4.76. The molecular formula is C23H35FN6. The number of hydrogen-bond donors (Lipinski definition) is 3. The molecule has 3 N–H and O–H groups in total. The monoisotopic (exact) mass is 414 g/mol. The van der Waals surface area contributed by atoms with E-state index in [1.807, 2.05) is 25.4 Å². The molecule has 0 spiro atoms. The summed E-state index contributed by atoms with van der Waals surface area (Å²) in [7, 11) is 0. The Morgan fingerprint density at radius 3 is 2.83 bits per heavy atom. The van der Waals surface area contributed by atoms with Crippen LogP contribution in [0.2, 0.25) is 0 Å². The highest BCUT2D eigenvalue weighted by Crippen LogP contribution is 2.31. The topological polar surface area (TPSA) is 64.0 Å². The molecule has 1 saturated heterocycles. The molecule has 0 amide bonds. The van der Waals surface area contributed by atoms with Crippen LogP contribution < -0.4 is 16.1 Å². The van der Waals surface area contributed by atoms with Crippen molar-refractivity contribution in [3.8, 4) is 0 Å². The minimum Gasteiger partial charge on any atom is -0.370 e. The zero-order chi connectivity index (χ0) is 21.4. The molecule has 0 radical (unpaired) electrons. The van der Waals surface area contributed by atoms with E-state index in [0.717, 1.165) is 19.5 Å². The van der Waals surface area contributed by atoms with E-state index in [0.29, 0.717) is 40.9 Å². The van der Waals surface area contributed by atoms with Crippen molar-refractivity contribution in [1.82, 2.24) is 21.0 Å². The highest BCUT2D eigenvalue weighted by molar-refractivity contribution is 6.05. The van der Waals surface area contributed by atoms with Crippen LogP contribution in [0.25, 0.3) is 0 Å². The van der Waals surface area contributed by atoms with E-state index in [9.17, 15) is 0 Å². The molecule has 6 atom stereocenters. The Kier molecular flexibility index (Phi) is 6.11. The van der Waals surface area contributed by atoms with Crippen LogP contribution in [-0.4, -0.2) is 54.2 Å². The molecule has 4 heterocycles. The number of hydrogen-bond acceptors (Lipinski definition) is 6. The molecule has 0 aromatic rings. The Hall–Kier alpha value is -1.99. The molecule has 7 heteroatoms. The molecule has 0 saturated carbocycles. The third-order valence-corrected chi connectivity index (χ3v) is 7.15. The summed E-state index contributed by atoms with van der Waals surface area (Å²) in [4.78, 5) is 7.12. The van der Waals surface area contributed by atoms with Gasteiger partial charge in [-0.25, -0.2) is 4.39 Å². The largest absolute Gasteiger partial charge is 0.370 e. The summed E-state index contributed by atoms with van der Waals surface area (Å²) in [5.74, 6) is 1.01. The predicted molar refractivity (Wildman–Crippen MR) is 121 cm³/mol. The zero-order valence-corrected chi connectivity index (χ0v) is 18.7. The minimum absolute atomic E-state index is 0.00954. The van der Waals surface area contributed by atoms with Crippen LogP contribution in [0.5, 0.6) is 0 Å². The van der Waals surface area contributed by atoms with Gasteiger partial charge in [-0.2, -0.15) is 5.10 Å². The van der Waals surface area contributed by atoms with E-state index in [-0.39, 0.29) is 24.0 Å². The maximum Gasteiger partial charge on any atom is 0.153 e. The maximum atomic E-state index is 15.4. The lowest BCUT2D eigenvalue weighted by atomic mass is 9.88. The molecule has 0 aromatic carbocycles. The standard InChI is InChI=1S/C23H35FN6/c1-13(2)16(5)19-12-30(15(4)10-26-19)17-9-14(3)20(24)22(27-11-17)21-18-7-6-8-25-23(18)29-28-21/h6,8-9,11,13,15-19,23,25-26,29H,7,10,12H2,1-5H3/t15-,16?,17?,18?,19?,23?/m0/s1. The third kappa shape index (κ3) is 3.97. The Balaban J connectivity index is 1.56. The normalized spacial score (nSPS) is 35.4. The van der Waals surface area contributed by atoms with Crippen molar-refractivity contribution in [1.29, 1.82) is 0 Å². The highest BCUT2D eigenvalue weighted by Gasteiger charge is 2.37. The van der Waals surface area contributed by atoms with Gasteiger partial charge in [-0.05, 0) is 43.9 Å². The summed E-state index contributed by atoms with van der Waals surface area (Å²) in [5, 5.41) is 11.4. The Labute approximate surface area is 179 Å². The first kappa shape index (κ1) is 21.2. The molecule has 30 heavy (non-hydrogen) atoms. The summed E-state index contributed by atoms with van der Waals surface area (Å²) >= 11 is 0. The number of halogens is 1. The first-order valence-electron chi connectivity index (χ1n) is 11.2. The number of allylic oxidation sites excluding steroid dienone is 4. The number of nitrogens with one attached hydrogen (secondary N) is 3. The second-order valence-corrected chi connectivity index (χ2v) is 9.46. The number of hydrazone groups is 1. The lowest BCUT2D eigenvalue weighted by Gasteiger charge is -2.44. The molecule has 4 rings (SSSR count). The fraction of sp³-hybridized carbons (Fsp3) is 0.652. The molecule has 4 aliphatic rings. The Bertz CT molecular complexity index is 811. The van der Waals surface area contributed by atoms with Crippen molar-refractivity contribution < 1.29 is 4.39 Å². The van der Waals surface area contributed by atoms with Crippen LogP contribution >= 0.6 is 0 Å². The molecule has 0 aliphatic carbocycles. The minimum atomic E-state index is -0.264. The summed E-state index contributed by atoms with van der Waals surface area (Å²) in [6.07, 6.45) is 8.75. The molecule has 5 unspecified atom stereocenters. The quantitative estimate of drug-likeness (QED) is 0.662. The fourth-order valence-electron chi connectivity index (χ4n) is 4.76. The van der Waals surface area contributed by atoms with E-state index in [4.69, 9.17) is 0 Å². The average Bonchev–Trinajstić information content (AvgIpc) is 3.10. The molecule has 6 nitrogen and oxygen atoms in total. The summed E-state index contributed by atoms with van der Waals surface area (Å²) < 4.78 is 15.4. The van der Waals surface area contributed by atoms with Crippen LogP contribution in [0.1, 0.15) is 41.0 Å².